The number of anilines is 1. The van der Waals surface area contributed by atoms with Gasteiger partial charge >= 0.3 is 0 Å². The van der Waals surface area contributed by atoms with Crippen molar-refractivity contribution in [3.05, 3.63) is 59.2 Å². The standard InChI is InChI=1S/C22H30N4O3S/c1-17-14-19(6-9-21(17)30(3,27)28)16-25-22(23-2)24-15-18-4-7-20(8-5-18)26-10-12-29-13-11-26/h4-9,14H,10-13,15-16H2,1-3H3,(H2,23,24,25). The Morgan fingerprint density at radius 3 is 2.20 bits per heavy atom. The predicted molar refractivity (Wildman–Crippen MR) is 121 cm³/mol. The van der Waals surface area contributed by atoms with Crippen LogP contribution >= 0.6 is 0 Å². The predicted octanol–water partition coefficient (Wildman–Crippen LogP) is 2.10. The zero-order valence-electron chi connectivity index (χ0n) is 17.8. The average Bonchev–Trinajstić information content (AvgIpc) is 2.74. The van der Waals surface area contributed by atoms with Crippen molar-refractivity contribution in [1.29, 1.82) is 0 Å². The Hall–Kier alpha value is -2.58. The lowest BCUT2D eigenvalue weighted by molar-refractivity contribution is 0.122. The van der Waals surface area contributed by atoms with Crippen LogP contribution < -0.4 is 15.5 Å². The minimum Gasteiger partial charge on any atom is -0.378 e. The first-order chi connectivity index (χ1) is 14.4. The van der Waals surface area contributed by atoms with Gasteiger partial charge in [0.2, 0.25) is 0 Å². The Bertz CT molecular complexity index is 982. The number of guanidine groups is 1. The summed E-state index contributed by atoms with van der Waals surface area (Å²) in [4.78, 5) is 6.97. The number of hydrogen-bond donors (Lipinski definition) is 2. The number of sulfone groups is 1. The number of benzene rings is 2. The third-order valence-electron chi connectivity index (χ3n) is 5.09. The van der Waals surface area contributed by atoms with Crippen LogP contribution in [0.15, 0.2) is 52.4 Å². The summed E-state index contributed by atoms with van der Waals surface area (Å²) in [6.07, 6.45) is 1.23. The minimum absolute atomic E-state index is 0.370. The SMILES string of the molecule is CN=C(NCc1ccc(N2CCOCC2)cc1)NCc1ccc(S(C)(=O)=O)c(C)c1. The largest absolute Gasteiger partial charge is 0.378 e. The van der Waals surface area contributed by atoms with Crippen LogP contribution in [-0.4, -0.2) is 54.0 Å². The van der Waals surface area contributed by atoms with Crippen molar-refractivity contribution >= 4 is 21.5 Å². The molecule has 7 nitrogen and oxygen atoms in total. The van der Waals surface area contributed by atoms with Crippen molar-refractivity contribution in [3.8, 4) is 0 Å². The average molecular weight is 431 g/mol. The number of nitrogens with zero attached hydrogens (tertiary/aromatic N) is 2. The van der Waals surface area contributed by atoms with Crippen LogP contribution in [0.25, 0.3) is 0 Å². The summed E-state index contributed by atoms with van der Waals surface area (Å²) in [6, 6.07) is 13.9. The summed E-state index contributed by atoms with van der Waals surface area (Å²) in [5.41, 5.74) is 4.14. The number of rotatable bonds is 6. The Labute approximate surface area is 179 Å². The lowest BCUT2D eigenvalue weighted by Gasteiger charge is -2.28. The van der Waals surface area contributed by atoms with Crippen LogP contribution in [0.1, 0.15) is 16.7 Å². The second-order valence-electron chi connectivity index (χ2n) is 7.42. The molecule has 1 heterocycles. The van der Waals surface area contributed by atoms with Gasteiger partial charge in [-0.3, -0.25) is 4.99 Å². The molecule has 0 amide bonds. The molecule has 162 valence electrons. The first-order valence-corrected chi connectivity index (χ1v) is 11.9. The van der Waals surface area contributed by atoms with Gasteiger partial charge in [0.15, 0.2) is 15.8 Å². The third-order valence-corrected chi connectivity index (χ3v) is 6.35. The molecule has 2 aromatic rings. The molecule has 0 unspecified atom stereocenters. The number of aryl methyl sites for hydroxylation is 1. The molecule has 3 rings (SSSR count). The zero-order chi connectivity index (χ0) is 21.6. The fourth-order valence-corrected chi connectivity index (χ4v) is 4.43. The van der Waals surface area contributed by atoms with E-state index in [1.807, 2.05) is 19.1 Å². The van der Waals surface area contributed by atoms with E-state index in [4.69, 9.17) is 4.74 Å². The number of hydrogen-bond acceptors (Lipinski definition) is 5. The molecular weight excluding hydrogens is 400 g/mol. The van der Waals surface area contributed by atoms with Crippen molar-refractivity contribution in [3.63, 3.8) is 0 Å². The highest BCUT2D eigenvalue weighted by atomic mass is 32.2. The van der Waals surface area contributed by atoms with Crippen LogP contribution in [0.3, 0.4) is 0 Å². The lowest BCUT2D eigenvalue weighted by Crippen LogP contribution is -2.36. The normalized spacial score (nSPS) is 15.2. The Morgan fingerprint density at radius 1 is 1.03 bits per heavy atom. The van der Waals surface area contributed by atoms with E-state index < -0.39 is 9.84 Å². The fourth-order valence-electron chi connectivity index (χ4n) is 3.48. The van der Waals surface area contributed by atoms with E-state index in [1.165, 1.54) is 17.5 Å². The molecule has 0 aliphatic carbocycles. The number of morpholine rings is 1. The molecule has 1 aliphatic rings. The molecule has 2 aromatic carbocycles. The topological polar surface area (TPSA) is 83.0 Å². The van der Waals surface area contributed by atoms with E-state index in [2.05, 4.69) is 44.8 Å². The second-order valence-corrected chi connectivity index (χ2v) is 9.40. The van der Waals surface area contributed by atoms with Crippen molar-refractivity contribution in [2.75, 3.05) is 44.5 Å². The van der Waals surface area contributed by atoms with E-state index in [-0.39, 0.29) is 0 Å². The maximum absolute atomic E-state index is 11.8. The van der Waals surface area contributed by atoms with E-state index in [0.29, 0.717) is 23.9 Å². The molecule has 0 atom stereocenters. The Kier molecular flexibility index (Phi) is 7.33. The van der Waals surface area contributed by atoms with E-state index in [1.54, 1.807) is 13.1 Å². The molecule has 1 saturated heterocycles. The van der Waals surface area contributed by atoms with E-state index >= 15 is 0 Å². The minimum atomic E-state index is -3.20. The van der Waals surface area contributed by atoms with Gasteiger partial charge < -0.3 is 20.3 Å². The molecule has 30 heavy (non-hydrogen) atoms. The van der Waals surface area contributed by atoms with Gasteiger partial charge in [-0.25, -0.2) is 8.42 Å². The highest BCUT2D eigenvalue weighted by Gasteiger charge is 2.12. The number of nitrogens with one attached hydrogen (secondary N) is 2. The highest BCUT2D eigenvalue weighted by molar-refractivity contribution is 7.90. The Morgan fingerprint density at radius 2 is 1.63 bits per heavy atom. The molecule has 1 aliphatic heterocycles. The van der Waals surface area contributed by atoms with Gasteiger partial charge in [0.05, 0.1) is 18.1 Å². The summed E-state index contributed by atoms with van der Waals surface area (Å²) in [5, 5.41) is 6.59. The van der Waals surface area contributed by atoms with Crippen molar-refractivity contribution in [2.45, 2.75) is 24.9 Å². The summed E-state index contributed by atoms with van der Waals surface area (Å²) in [5.74, 6) is 0.692. The van der Waals surface area contributed by atoms with Gasteiger partial charge in [0, 0.05) is 45.2 Å². The van der Waals surface area contributed by atoms with Crippen LogP contribution in [0.4, 0.5) is 5.69 Å². The summed E-state index contributed by atoms with van der Waals surface area (Å²) in [6.45, 7) is 6.45. The maximum atomic E-state index is 11.8. The van der Waals surface area contributed by atoms with Gasteiger partial charge in [-0.15, -0.1) is 0 Å². The molecular formula is C22H30N4O3S. The molecule has 0 spiro atoms. The molecule has 0 saturated carbocycles. The van der Waals surface area contributed by atoms with Crippen LogP contribution in [-0.2, 0) is 27.7 Å². The Balaban J connectivity index is 1.52. The van der Waals surface area contributed by atoms with Crippen molar-refractivity contribution in [2.24, 2.45) is 4.99 Å². The first-order valence-electron chi connectivity index (χ1n) is 10.0. The van der Waals surface area contributed by atoms with Gasteiger partial charge in [-0.1, -0.05) is 24.3 Å². The summed E-state index contributed by atoms with van der Waals surface area (Å²) >= 11 is 0. The monoisotopic (exact) mass is 430 g/mol. The van der Waals surface area contributed by atoms with Gasteiger partial charge in [-0.2, -0.15) is 0 Å². The summed E-state index contributed by atoms with van der Waals surface area (Å²) in [7, 11) is -1.47. The number of ether oxygens (including phenoxy) is 1. The van der Waals surface area contributed by atoms with Crippen LogP contribution in [0.5, 0.6) is 0 Å². The molecule has 0 bridgehead atoms. The van der Waals surface area contributed by atoms with Crippen LogP contribution in [0.2, 0.25) is 0 Å². The second kappa shape index (κ2) is 9.95. The van der Waals surface area contributed by atoms with E-state index in [9.17, 15) is 8.42 Å². The lowest BCUT2D eigenvalue weighted by atomic mass is 10.1. The first kappa shape index (κ1) is 22.1. The molecule has 8 heteroatoms. The van der Waals surface area contributed by atoms with Crippen molar-refractivity contribution < 1.29 is 13.2 Å². The van der Waals surface area contributed by atoms with Crippen LogP contribution in [0, 0.1) is 6.92 Å². The quantitative estimate of drug-likeness (QED) is 0.540. The van der Waals surface area contributed by atoms with E-state index in [0.717, 1.165) is 37.4 Å². The third kappa shape index (κ3) is 5.96. The van der Waals surface area contributed by atoms with Crippen molar-refractivity contribution in [1.82, 2.24) is 10.6 Å². The smallest absolute Gasteiger partial charge is 0.191 e. The van der Waals surface area contributed by atoms with Gasteiger partial charge in [-0.05, 0) is 41.8 Å². The highest BCUT2D eigenvalue weighted by Crippen LogP contribution is 2.17. The summed E-state index contributed by atoms with van der Waals surface area (Å²) < 4.78 is 28.9. The molecule has 0 aromatic heterocycles. The number of aliphatic imine (C=N–C) groups is 1. The van der Waals surface area contributed by atoms with Gasteiger partial charge in [0.1, 0.15) is 0 Å². The van der Waals surface area contributed by atoms with Gasteiger partial charge in [0.25, 0.3) is 0 Å². The fraction of sp³-hybridized carbons (Fsp3) is 0.409. The molecule has 0 radical (unpaired) electrons. The molecule has 2 N–H and O–H groups in total. The molecule has 1 fully saturated rings. The maximum Gasteiger partial charge on any atom is 0.191 e. The zero-order valence-corrected chi connectivity index (χ0v) is 18.6.